The molecule has 1 aromatic heterocycles. The van der Waals surface area contributed by atoms with Gasteiger partial charge in [0.1, 0.15) is 4.90 Å². The van der Waals surface area contributed by atoms with Gasteiger partial charge in [-0.3, -0.25) is 4.79 Å². The summed E-state index contributed by atoms with van der Waals surface area (Å²) in [6.45, 7) is 5.37. The lowest BCUT2D eigenvalue weighted by Crippen LogP contribution is -2.40. The zero-order chi connectivity index (χ0) is 18.6. The number of carbonyl (C=O) groups excluding carboxylic acids is 1. The van der Waals surface area contributed by atoms with Gasteiger partial charge in [-0.25, -0.2) is 13.4 Å². The number of sulfonamides is 1. The predicted molar refractivity (Wildman–Crippen MR) is 99.5 cm³/mol. The summed E-state index contributed by atoms with van der Waals surface area (Å²) >= 11 is 1.35. The quantitative estimate of drug-likeness (QED) is 0.698. The third-order valence-electron chi connectivity index (χ3n) is 4.67. The van der Waals surface area contributed by atoms with Crippen molar-refractivity contribution in [2.24, 2.45) is 5.92 Å². The van der Waals surface area contributed by atoms with Crippen molar-refractivity contribution < 1.29 is 17.9 Å². The van der Waals surface area contributed by atoms with Gasteiger partial charge in [-0.2, -0.15) is 4.31 Å². The van der Waals surface area contributed by atoms with Crippen LogP contribution in [0.5, 0.6) is 0 Å². The van der Waals surface area contributed by atoms with Gasteiger partial charge in [-0.05, 0) is 30.9 Å². The van der Waals surface area contributed by atoms with Gasteiger partial charge in [-0.15, -0.1) is 0 Å². The number of morpholine rings is 1. The van der Waals surface area contributed by atoms with E-state index in [0.29, 0.717) is 43.0 Å². The van der Waals surface area contributed by atoms with Gasteiger partial charge in [0, 0.05) is 32.4 Å². The van der Waals surface area contributed by atoms with E-state index in [0.717, 1.165) is 19.5 Å². The summed E-state index contributed by atoms with van der Waals surface area (Å²) < 4.78 is 31.7. The van der Waals surface area contributed by atoms with Crippen molar-refractivity contribution in [2.45, 2.75) is 29.7 Å². The zero-order valence-corrected chi connectivity index (χ0v) is 16.6. The molecule has 2 aliphatic heterocycles. The lowest BCUT2D eigenvalue weighted by atomic mass is 10.0. The Morgan fingerprint density at radius 3 is 2.73 bits per heavy atom. The molecule has 0 radical (unpaired) electrons. The fourth-order valence-corrected chi connectivity index (χ4v) is 5.28. The summed E-state index contributed by atoms with van der Waals surface area (Å²) in [5, 5.41) is 0.657. The second kappa shape index (κ2) is 8.69. The highest BCUT2D eigenvalue weighted by molar-refractivity contribution is 7.99. The van der Waals surface area contributed by atoms with Crippen molar-refractivity contribution in [3.63, 3.8) is 0 Å². The van der Waals surface area contributed by atoms with Crippen LogP contribution in [-0.2, 0) is 19.6 Å². The maximum absolute atomic E-state index is 12.6. The van der Waals surface area contributed by atoms with Crippen LogP contribution in [0.2, 0.25) is 0 Å². The number of rotatable bonds is 5. The number of hydrogen-bond acceptors (Lipinski definition) is 6. The fourth-order valence-electron chi connectivity index (χ4n) is 3.18. The average Bonchev–Trinajstić information content (AvgIpc) is 2.67. The van der Waals surface area contributed by atoms with Gasteiger partial charge < -0.3 is 9.64 Å². The molecule has 0 spiro atoms. The van der Waals surface area contributed by atoms with Crippen molar-refractivity contribution in [3.05, 3.63) is 18.3 Å². The maximum Gasteiger partial charge on any atom is 0.244 e. The molecule has 2 fully saturated rings. The summed E-state index contributed by atoms with van der Waals surface area (Å²) in [6, 6.07) is 3.23. The van der Waals surface area contributed by atoms with E-state index in [4.69, 9.17) is 4.74 Å². The lowest BCUT2D eigenvalue weighted by molar-refractivity contribution is -0.130. The number of piperidine rings is 1. The van der Waals surface area contributed by atoms with E-state index in [2.05, 4.69) is 11.9 Å². The van der Waals surface area contributed by atoms with Crippen LogP contribution in [0.25, 0.3) is 0 Å². The molecular formula is C17H25N3O4S2. The van der Waals surface area contributed by atoms with Crippen LogP contribution >= 0.6 is 11.8 Å². The molecule has 0 aliphatic carbocycles. The molecule has 26 heavy (non-hydrogen) atoms. The molecular weight excluding hydrogens is 374 g/mol. The fraction of sp³-hybridized carbons (Fsp3) is 0.647. The molecule has 1 aromatic rings. The normalized spacial score (nSPS) is 22.3. The molecule has 0 aromatic carbocycles. The third-order valence-corrected chi connectivity index (χ3v) is 7.48. The molecule has 7 nitrogen and oxygen atoms in total. The Balaban J connectivity index is 1.56. The Labute approximate surface area is 159 Å². The van der Waals surface area contributed by atoms with Crippen molar-refractivity contribution in [2.75, 3.05) is 45.1 Å². The first-order chi connectivity index (χ1) is 12.5. The number of pyridine rings is 1. The van der Waals surface area contributed by atoms with E-state index in [1.165, 1.54) is 28.7 Å². The van der Waals surface area contributed by atoms with Crippen molar-refractivity contribution in [1.82, 2.24) is 14.2 Å². The van der Waals surface area contributed by atoms with Crippen LogP contribution in [0.15, 0.2) is 28.3 Å². The monoisotopic (exact) mass is 399 g/mol. The van der Waals surface area contributed by atoms with Crippen LogP contribution < -0.4 is 0 Å². The number of ether oxygens (including phenoxy) is 1. The molecule has 0 unspecified atom stereocenters. The van der Waals surface area contributed by atoms with E-state index in [9.17, 15) is 13.2 Å². The number of nitrogens with zero attached hydrogens (tertiary/aromatic N) is 3. The van der Waals surface area contributed by atoms with Crippen molar-refractivity contribution in [1.29, 1.82) is 0 Å². The summed E-state index contributed by atoms with van der Waals surface area (Å²) in [5.74, 6) is 1.00. The van der Waals surface area contributed by atoms with Gasteiger partial charge in [0.15, 0.2) is 0 Å². The molecule has 0 saturated carbocycles. The summed E-state index contributed by atoms with van der Waals surface area (Å²) in [6.07, 6.45) is 3.61. The van der Waals surface area contributed by atoms with E-state index >= 15 is 0 Å². The molecule has 144 valence electrons. The van der Waals surface area contributed by atoms with Gasteiger partial charge in [0.25, 0.3) is 0 Å². The molecule has 1 atom stereocenters. The van der Waals surface area contributed by atoms with Crippen molar-refractivity contribution >= 4 is 27.7 Å². The second-order valence-corrected chi connectivity index (χ2v) is 9.66. The number of carbonyl (C=O) groups is 1. The Bertz CT molecular complexity index is 718. The van der Waals surface area contributed by atoms with Crippen LogP contribution in [0.1, 0.15) is 19.8 Å². The van der Waals surface area contributed by atoms with E-state index in [1.54, 1.807) is 12.1 Å². The van der Waals surface area contributed by atoms with Gasteiger partial charge in [0.2, 0.25) is 15.9 Å². The highest BCUT2D eigenvalue weighted by atomic mass is 32.2. The van der Waals surface area contributed by atoms with Crippen LogP contribution in [0.4, 0.5) is 0 Å². The third kappa shape index (κ3) is 4.76. The minimum absolute atomic E-state index is 0.119. The van der Waals surface area contributed by atoms with Gasteiger partial charge in [-0.1, -0.05) is 18.7 Å². The first kappa shape index (κ1) is 19.6. The van der Waals surface area contributed by atoms with Gasteiger partial charge >= 0.3 is 0 Å². The SMILES string of the molecule is C[C@@H]1CCCN(C(=O)CSc2ccc(S(=O)(=O)N3CCOCC3)cn2)C1. The molecule has 2 saturated heterocycles. The largest absolute Gasteiger partial charge is 0.379 e. The van der Waals surface area contributed by atoms with Crippen LogP contribution in [-0.4, -0.2) is 73.7 Å². The first-order valence-corrected chi connectivity index (χ1v) is 11.3. The molecule has 9 heteroatoms. The van der Waals surface area contributed by atoms with E-state index in [1.807, 2.05) is 4.90 Å². The minimum Gasteiger partial charge on any atom is -0.379 e. The number of likely N-dealkylation sites (tertiary alicyclic amines) is 1. The summed E-state index contributed by atoms with van der Waals surface area (Å²) in [4.78, 5) is 18.6. The molecule has 1 amide bonds. The Morgan fingerprint density at radius 1 is 1.31 bits per heavy atom. The Morgan fingerprint density at radius 2 is 2.08 bits per heavy atom. The molecule has 3 heterocycles. The topological polar surface area (TPSA) is 79.8 Å². The summed E-state index contributed by atoms with van der Waals surface area (Å²) in [7, 11) is -3.53. The minimum atomic E-state index is -3.53. The second-order valence-electron chi connectivity index (χ2n) is 6.72. The van der Waals surface area contributed by atoms with E-state index in [-0.39, 0.29) is 10.8 Å². The zero-order valence-electron chi connectivity index (χ0n) is 15.0. The highest BCUT2D eigenvalue weighted by Gasteiger charge is 2.26. The maximum atomic E-state index is 12.6. The molecule has 2 aliphatic rings. The Hall–Kier alpha value is -1.16. The number of hydrogen-bond donors (Lipinski definition) is 0. The van der Waals surface area contributed by atoms with Gasteiger partial charge in [0.05, 0.1) is 24.0 Å². The number of thioether (sulfide) groups is 1. The first-order valence-electron chi connectivity index (χ1n) is 8.91. The van der Waals surface area contributed by atoms with Crippen molar-refractivity contribution in [3.8, 4) is 0 Å². The van der Waals surface area contributed by atoms with Crippen LogP contribution in [0, 0.1) is 5.92 Å². The predicted octanol–water partition coefficient (Wildman–Crippen LogP) is 1.45. The smallest absolute Gasteiger partial charge is 0.244 e. The standard InChI is InChI=1S/C17H25N3O4S2/c1-14-3-2-6-19(12-14)17(21)13-25-16-5-4-15(11-18-16)26(22,23)20-7-9-24-10-8-20/h4-5,11,14H,2-3,6-10,12-13H2,1H3/t14-/m1/s1. The number of aromatic nitrogens is 1. The average molecular weight is 400 g/mol. The molecule has 0 bridgehead atoms. The molecule has 0 N–H and O–H groups in total. The lowest BCUT2D eigenvalue weighted by Gasteiger charge is -2.30. The Kier molecular flexibility index (Phi) is 6.55. The summed E-state index contributed by atoms with van der Waals surface area (Å²) in [5.41, 5.74) is 0. The van der Waals surface area contributed by atoms with Crippen LogP contribution in [0.3, 0.4) is 0 Å². The number of amides is 1. The highest BCUT2D eigenvalue weighted by Crippen LogP contribution is 2.22. The van der Waals surface area contributed by atoms with E-state index < -0.39 is 10.0 Å². The molecule has 3 rings (SSSR count).